The summed E-state index contributed by atoms with van der Waals surface area (Å²) in [5, 5.41) is 0.0694. The van der Waals surface area contributed by atoms with Gasteiger partial charge in [-0.15, -0.1) is 0 Å². The predicted octanol–water partition coefficient (Wildman–Crippen LogP) is 1.39. The Morgan fingerprint density at radius 2 is 2.19 bits per heavy atom. The van der Waals surface area contributed by atoms with E-state index in [0.717, 1.165) is 11.0 Å². The van der Waals surface area contributed by atoms with Crippen LogP contribution in [-0.2, 0) is 17.3 Å². The average Bonchev–Trinajstić information content (AvgIpc) is 2.55. The van der Waals surface area contributed by atoms with Gasteiger partial charge in [-0.05, 0) is 19.1 Å². The molecule has 0 radical (unpaired) electrons. The highest BCUT2D eigenvalue weighted by Gasteiger charge is 2.12. The van der Waals surface area contributed by atoms with Crippen molar-refractivity contribution in [1.29, 1.82) is 0 Å². The van der Waals surface area contributed by atoms with Crippen LogP contribution in [0.1, 0.15) is 6.92 Å². The van der Waals surface area contributed by atoms with Crippen LogP contribution in [0.2, 0.25) is 0 Å². The highest BCUT2D eigenvalue weighted by atomic mass is 32.2. The molecule has 16 heavy (non-hydrogen) atoms. The Balaban J connectivity index is 2.43. The molecule has 1 heterocycles. The molecule has 0 aliphatic carbocycles. The molecule has 1 aromatic heterocycles. The van der Waals surface area contributed by atoms with Gasteiger partial charge in [0.1, 0.15) is 0 Å². The Morgan fingerprint density at radius 1 is 1.50 bits per heavy atom. The van der Waals surface area contributed by atoms with Crippen molar-refractivity contribution < 1.29 is 4.21 Å². The minimum Gasteiger partial charge on any atom is -0.369 e. The SMILES string of the molecule is CC(Cn1c(N)nc2ccccc21)S(C)=O. The van der Waals surface area contributed by atoms with E-state index in [9.17, 15) is 4.21 Å². The first kappa shape index (κ1) is 11.1. The standard InChI is InChI=1S/C11H15N3OS/c1-8(16(2)15)7-14-10-6-4-3-5-9(10)13-11(14)12/h3-6,8H,7H2,1-2H3,(H2,12,13). The fourth-order valence-corrected chi connectivity index (χ4v) is 2.01. The zero-order chi connectivity index (χ0) is 11.7. The summed E-state index contributed by atoms with van der Waals surface area (Å²) >= 11 is 0. The van der Waals surface area contributed by atoms with E-state index in [1.807, 2.05) is 35.8 Å². The van der Waals surface area contributed by atoms with Gasteiger partial charge in [0.15, 0.2) is 0 Å². The summed E-state index contributed by atoms with van der Waals surface area (Å²) in [5.41, 5.74) is 7.74. The first-order chi connectivity index (χ1) is 7.59. The molecule has 0 amide bonds. The topological polar surface area (TPSA) is 60.9 Å². The quantitative estimate of drug-likeness (QED) is 0.877. The maximum atomic E-state index is 11.4. The van der Waals surface area contributed by atoms with Crippen LogP contribution in [0, 0.1) is 0 Å². The summed E-state index contributed by atoms with van der Waals surface area (Å²) in [6.45, 7) is 2.58. The number of hydrogen-bond donors (Lipinski definition) is 1. The maximum absolute atomic E-state index is 11.4. The maximum Gasteiger partial charge on any atom is 0.201 e. The molecule has 1 aromatic carbocycles. The molecule has 2 N–H and O–H groups in total. The number of hydrogen-bond acceptors (Lipinski definition) is 3. The van der Waals surface area contributed by atoms with Crippen molar-refractivity contribution in [3.8, 4) is 0 Å². The number of rotatable bonds is 3. The molecule has 2 rings (SSSR count). The molecule has 2 atom stereocenters. The summed E-state index contributed by atoms with van der Waals surface area (Å²) in [7, 11) is -0.850. The Morgan fingerprint density at radius 3 is 2.88 bits per heavy atom. The molecule has 2 unspecified atom stereocenters. The van der Waals surface area contributed by atoms with Crippen LogP contribution in [0.3, 0.4) is 0 Å². The van der Waals surface area contributed by atoms with Crippen molar-refractivity contribution in [3.63, 3.8) is 0 Å². The lowest BCUT2D eigenvalue weighted by atomic mass is 10.3. The van der Waals surface area contributed by atoms with E-state index in [2.05, 4.69) is 4.98 Å². The van der Waals surface area contributed by atoms with Gasteiger partial charge in [-0.1, -0.05) is 12.1 Å². The summed E-state index contributed by atoms with van der Waals surface area (Å²) in [5.74, 6) is 0.485. The van der Waals surface area contributed by atoms with Gasteiger partial charge in [-0.25, -0.2) is 4.98 Å². The van der Waals surface area contributed by atoms with Crippen LogP contribution in [0.15, 0.2) is 24.3 Å². The highest BCUT2D eigenvalue weighted by molar-refractivity contribution is 7.84. The third-order valence-corrected chi connectivity index (χ3v) is 3.97. The molecule has 0 saturated heterocycles. The zero-order valence-corrected chi connectivity index (χ0v) is 10.2. The number of anilines is 1. The van der Waals surface area contributed by atoms with Crippen molar-refractivity contribution in [3.05, 3.63) is 24.3 Å². The van der Waals surface area contributed by atoms with Gasteiger partial charge in [0, 0.05) is 28.9 Å². The van der Waals surface area contributed by atoms with E-state index in [0.29, 0.717) is 12.5 Å². The zero-order valence-electron chi connectivity index (χ0n) is 9.38. The Labute approximate surface area is 96.9 Å². The molecular formula is C11H15N3OS. The Hall–Kier alpha value is -1.36. The number of nitrogen functional groups attached to an aromatic ring is 1. The Kier molecular flexibility index (Phi) is 2.96. The van der Waals surface area contributed by atoms with Crippen molar-refractivity contribution in [2.24, 2.45) is 0 Å². The van der Waals surface area contributed by atoms with Gasteiger partial charge in [0.2, 0.25) is 5.95 Å². The second-order valence-electron chi connectivity index (χ2n) is 3.88. The molecule has 4 nitrogen and oxygen atoms in total. The van der Waals surface area contributed by atoms with E-state index in [1.54, 1.807) is 6.26 Å². The van der Waals surface area contributed by atoms with Crippen molar-refractivity contribution in [2.45, 2.75) is 18.7 Å². The summed E-state index contributed by atoms with van der Waals surface area (Å²) in [4.78, 5) is 4.27. The monoisotopic (exact) mass is 237 g/mol. The predicted molar refractivity (Wildman–Crippen MR) is 67.7 cm³/mol. The second-order valence-corrected chi connectivity index (χ2v) is 5.68. The number of imidazole rings is 1. The molecule has 86 valence electrons. The van der Waals surface area contributed by atoms with Gasteiger partial charge >= 0.3 is 0 Å². The van der Waals surface area contributed by atoms with E-state index in [4.69, 9.17) is 5.73 Å². The fraction of sp³-hybridized carbons (Fsp3) is 0.364. The lowest BCUT2D eigenvalue weighted by Crippen LogP contribution is -2.18. The van der Waals surface area contributed by atoms with Gasteiger partial charge in [0.25, 0.3) is 0 Å². The number of nitrogens with zero attached hydrogens (tertiary/aromatic N) is 2. The molecule has 0 spiro atoms. The lowest BCUT2D eigenvalue weighted by molar-refractivity contribution is 0.653. The molecular weight excluding hydrogens is 222 g/mol. The largest absolute Gasteiger partial charge is 0.369 e. The highest BCUT2D eigenvalue weighted by Crippen LogP contribution is 2.18. The number of fused-ring (bicyclic) bond motifs is 1. The first-order valence-electron chi connectivity index (χ1n) is 5.12. The summed E-state index contributed by atoms with van der Waals surface area (Å²) < 4.78 is 13.3. The third kappa shape index (κ3) is 1.95. The van der Waals surface area contributed by atoms with Crippen molar-refractivity contribution >= 4 is 27.8 Å². The van der Waals surface area contributed by atoms with Crippen LogP contribution >= 0.6 is 0 Å². The minimum absolute atomic E-state index is 0.0694. The normalized spacial score (nSPS) is 15.1. The van der Waals surface area contributed by atoms with Gasteiger partial charge < -0.3 is 10.3 Å². The van der Waals surface area contributed by atoms with Crippen LogP contribution < -0.4 is 5.73 Å². The molecule has 2 aromatic rings. The van der Waals surface area contributed by atoms with Crippen LogP contribution in [0.4, 0.5) is 5.95 Å². The average molecular weight is 237 g/mol. The smallest absolute Gasteiger partial charge is 0.201 e. The van der Waals surface area contributed by atoms with Crippen molar-refractivity contribution in [1.82, 2.24) is 9.55 Å². The van der Waals surface area contributed by atoms with Crippen LogP contribution in [0.5, 0.6) is 0 Å². The first-order valence-corrected chi connectivity index (χ1v) is 6.74. The van der Waals surface area contributed by atoms with E-state index in [1.165, 1.54) is 0 Å². The second kappa shape index (κ2) is 4.25. The fourth-order valence-electron chi connectivity index (χ4n) is 1.65. The van der Waals surface area contributed by atoms with Crippen LogP contribution in [-0.4, -0.2) is 25.3 Å². The number of nitrogens with two attached hydrogens (primary N) is 1. The molecule has 0 aliphatic heterocycles. The van der Waals surface area contributed by atoms with Crippen molar-refractivity contribution in [2.75, 3.05) is 12.0 Å². The summed E-state index contributed by atoms with van der Waals surface area (Å²) in [6, 6.07) is 7.79. The summed E-state index contributed by atoms with van der Waals surface area (Å²) in [6.07, 6.45) is 1.71. The van der Waals surface area contributed by atoms with E-state index >= 15 is 0 Å². The van der Waals surface area contributed by atoms with Gasteiger partial charge in [-0.3, -0.25) is 4.21 Å². The molecule has 0 bridgehead atoms. The molecule has 0 saturated carbocycles. The number of aromatic nitrogens is 2. The number of benzene rings is 1. The molecule has 5 heteroatoms. The Bertz CT molecular complexity index is 535. The third-order valence-electron chi connectivity index (χ3n) is 2.69. The van der Waals surface area contributed by atoms with Crippen LogP contribution in [0.25, 0.3) is 11.0 Å². The number of para-hydroxylation sites is 2. The lowest BCUT2D eigenvalue weighted by Gasteiger charge is -2.11. The van der Waals surface area contributed by atoms with Gasteiger partial charge in [0.05, 0.1) is 11.0 Å². The molecule has 0 aliphatic rings. The van der Waals surface area contributed by atoms with E-state index in [-0.39, 0.29) is 5.25 Å². The van der Waals surface area contributed by atoms with E-state index < -0.39 is 10.8 Å². The minimum atomic E-state index is -0.850. The van der Waals surface area contributed by atoms with Gasteiger partial charge in [-0.2, -0.15) is 0 Å². The molecule has 0 fully saturated rings.